The fraction of sp³-hybridized carbons (Fsp3) is 1.00. The van der Waals surface area contributed by atoms with E-state index in [1.807, 2.05) is 6.92 Å². The lowest BCUT2D eigenvalue weighted by Gasteiger charge is -2.14. The molecule has 0 fully saturated rings. The van der Waals surface area contributed by atoms with E-state index in [1.165, 1.54) is 0 Å². The maximum atomic E-state index is 5.72. The predicted octanol–water partition coefficient (Wildman–Crippen LogP) is 3.27. The molecule has 9 heavy (non-hydrogen) atoms. The summed E-state index contributed by atoms with van der Waals surface area (Å²) in [5.41, 5.74) is 0. The quantitative estimate of drug-likeness (QED) is 0.627. The third-order valence-corrected chi connectivity index (χ3v) is 3.00. The van der Waals surface area contributed by atoms with E-state index in [4.69, 9.17) is 46.4 Å². The smallest absolute Gasteiger partial charge is 0.124 e. The van der Waals surface area contributed by atoms with Gasteiger partial charge < -0.3 is 0 Å². The Labute approximate surface area is 75.4 Å². The van der Waals surface area contributed by atoms with Crippen molar-refractivity contribution in [2.75, 3.05) is 5.88 Å². The molecule has 4 heteroatoms. The first-order valence-electron chi connectivity index (χ1n) is 2.57. The van der Waals surface area contributed by atoms with Gasteiger partial charge in [0.1, 0.15) is 4.84 Å². The summed E-state index contributed by atoms with van der Waals surface area (Å²) in [5, 5.41) is -0.245. The minimum Gasteiger partial charge on any atom is -0.126 e. The Morgan fingerprint density at radius 3 is 1.78 bits per heavy atom. The largest absolute Gasteiger partial charge is 0.126 e. The molecule has 0 rings (SSSR count). The predicted molar refractivity (Wildman–Crippen MR) is 45.0 cm³/mol. The van der Waals surface area contributed by atoms with Gasteiger partial charge in [0.2, 0.25) is 0 Å². The van der Waals surface area contributed by atoms with Gasteiger partial charge in [0.05, 0.1) is 5.38 Å². The molecule has 0 aliphatic rings. The summed E-state index contributed by atoms with van der Waals surface area (Å²) < 4.78 is 0. The van der Waals surface area contributed by atoms with Crippen molar-refractivity contribution in [3.63, 3.8) is 0 Å². The van der Waals surface area contributed by atoms with E-state index in [2.05, 4.69) is 0 Å². The Morgan fingerprint density at radius 1 is 1.22 bits per heavy atom. The maximum Gasteiger partial charge on any atom is 0.124 e. The number of hydrogen-bond acceptors (Lipinski definition) is 0. The zero-order valence-electron chi connectivity index (χ0n) is 4.95. The van der Waals surface area contributed by atoms with Gasteiger partial charge in [-0.1, -0.05) is 6.92 Å². The van der Waals surface area contributed by atoms with Crippen LogP contribution < -0.4 is 0 Å². The highest BCUT2D eigenvalue weighted by Gasteiger charge is 2.19. The van der Waals surface area contributed by atoms with Crippen molar-refractivity contribution in [3.05, 3.63) is 0 Å². The first-order valence-corrected chi connectivity index (χ1v) is 4.42. The summed E-state index contributed by atoms with van der Waals surface area (Å²) in [7, 11) is 0. The third-order valence-electron chi connectivity index (χ3n) is 1.03. The summed E-state index contributed by atoms with van der Waals surface area (Å²) in [6, 6.07) is 0. The van der Waals surface area contributed by atoms with Crippen molar-refractivity contribution in [1.82, 2.24) is 0 Å². The minimum atomic E-state index is -0.527. The second kappa shape index (κ2) is 4.90. The Kier molecular flexibility index (Phi) is 5.53. The molecular formula is C5H8Cl4. The lowest BCUT2D eigenvalue weighted by molar-refractivity contribution is 0.630. The summed E-state index contributed by atoms with van der Waals surface area (Å²) in [6.45, 7) is 1.91. The van der Waals surface area contributed by atoms with Gasteiger partial charge in [-0.05, 0) is 5.92 Å². The molecule has 0 aromatic rings. The molecule has 56 valence electrons. The molecular weight excluding hydrogens is 202 g/mol. The SMILES string of the molecule is CC(CCl)C(Cl)C(Cl)Cl. The van der Waals surface area contributed by atoms with Crippen LogP contribution >= 0.6 is 46.4 Å². The molecule has 2 unspecified atom stereocenters. The van der Waals surface area contributed by atoms with Crippen molar-refractivity contribution in [2.45, 2.75) is 17.1 Å². The van der Waals surface area contributed by atoms with Crippen molar-refractivity contribution >= 4 is 46.4 Å². The van der Waals surface area contributed by atoms with Crippen LogP contribution in [0.5, 0.6) is 0 Å². The lowest BCUT2D eigenvalue weighted by atomic mass is 10.1. The molecule has 0 radical (unpaired) electrons. The lowest BCUT2D eigenvalue weighted by Crippen LogP contribution is -2.19. The first kappa shape index (κ1) is 10.2. The fourth-order valence-corrected chi connectivity index (χ4v) is 1.20. The van der Waals surface area contributed by atoms with E-state index in [0.29, 0.717) is 5.88 Å². The zero-order valence-corrected chi connectivity index (χ0v) is 7.97. The number of alkyl halides is 4. The number of rotatable bonds is 3. The third kappa shape index (κ3) is 3.77. The normalized spacial score (nSPS) is 18.0. The molecule has 0 amide bonds. The molecule has 0 aliphatic carbocycles. The first-order chi connectivity index (χ1) is 4.09. The molecule has 0 aromatic heterocycles. The molecule has 0 bridgehead atoms. The average Bonchev–Trinajstić information content (AvgIpc) is 1.84. The zero-order chi connectivity index (χ0) is 7.44. The second-order valence-electron chi connectivity index (χ2n) is 1.91. The van der Waals surface area contributed by atoms with E-state index in [0.717, 1.165) is 0 Å². The minimum absolute atomic E-state index is 0.160. The monoisotopic (exact) mass is 208 g/mol. The van der Waals surface area contributed by atoms with Crippen molar-refractivity contribution < 1.29 is 0 Å². The summed E-state index contributed by atoms with van der Waals surface area (Å²) in [5.74, 6) is 0.651. The Balaban J connectivity index is 3.58. The van der Waals surface area contributed by atoms with Crippen LogP contribution in [0.15, 0.2) is 0 Å². The van der Waals surface area contributed by atoms with Gasteiger partial charge in [-0.25, -0.2) is 0 Å². The Morgan fingerprint density at radius 2 is 1.67 bits per heavy atom. The molecule has 0 saturated heterocycles. The highest BCUT2D eigenvalue weighted by Crippen LogP contribution is 2.22. The number of hydrogen-bond donors (Lipinski definition) is 0. The van der Waals surface area contributed by atoms with Gasteiger partial charge in [0, 0.05) is 5.88 Å². The van der Waals surface area contributed by atoms with E-state index >= 15 is 0 Å². The molecule has 0 aromatic carbocycles. The molecule has 0 aliphatic heterocycles. The van der Waals surface area contributed by atoms with Gasteiger partial charge in [-0.15, -0.1) is 46.4 Å². The highest BCUT2D eigenvalue weighted by molar-refractivity contribution is 6.48. The van der Waals surface area contributed by atoms with Crippen molar-refractivity contribution in [1.29, 1.82) is 0 Å². The average molecular weight is 210 g/mol. The van der Waals surface area contributed by atoms with Gasteiger partial charge >= 0.3 is 0 Å². The van der Waals surface area contributed by atoms with Gasteiger partial charge in [0.25, 0.3) is 0 Å². The van der Waals surface area contributed by atoms with E-state index in [9.17, 15) is 0 Å². The van der Waals surface area contributed by atoms with Crippen LogP contribution in [0.2, 0.25) is 0 Å². The van der Waals surface area contributed by atoms with Crippen LogP contribution in [0.25, 0.3) is 0 Å². The standard InChI is InChI=1S/C5H8Cl4/c1-3(2-6)4(7)5(8)9/h3-5H,2H2,1H3. The molecule has 0 nitrogen and oxygen atoms in total. The van der Waals surface area contributed by atoms with Crippen LogP contribution in [0.4, 0.5) is 0 Å². The van der Waals surface area contributed by atoms with E-state index < -0.39 is 4.84 Å². The Hall–Kier alpha value is 1.16. The summed E-state index contributed by atoms with van der Waals surface area (Å²) in [4.78, 5) is -0.527. The second-order valence-corrected chi connectivity index (χ2v) is 3.89. The van der Waals surface area contributed by atoms with Crippen LogP contribution in [0, 0.1) is 5.92 Å². The van der Waals surface area contributed by atoms with Crippen LogP contribution in [0.3, 0.4) is 0 Å². The van der Waals surface area contributed by atoms with E-state index in [1.54, 1.807) is 0 Å². The summed E-state index contributed by atoms with van der Waals surface area (Å²) in [6.07, 6.45) is 0. The molecule has 0 N–H and O–H groups in total. The van der Waals surface area contributed by atoms with Crippen LogP contribution in [-0.2, 0) is 0 Å². The van der Waals surface area contributed by atoms with Crippen LogP contribution in [0.1, 0.15) is 6.92 Å². The number of halogens is 4. The van der Waals surface area contributed by atoms with Gasteiger partial charge in [-0.3, -0.25) is 0 Å². The van der Waals surface area contributed by atoms with Crippen molar-refractivity contribution in [3.8, 4) is 0 Å². The van der Waals surface area contributed by atoms with Crippen molar-refractivity contribution in [2.24, 2.45) is 5.92 Å². The molecule has 0 saturated carbocycles. The Bertz CT molecular complexity index is 73.4. The highest BCUT2D eigenvalue weighted by atomic mass is 35.5. The van der Waals surface area contributed by atoms with Gasteiger partial charge in [-0.2, -0.15) is 0 Å². The molecule has 0 spiro atoms. The van der Waals surface area contributed by atoms with Gasteiger partial charge in [0.15, 0.2) is 0 Å². The topological polar surface area (TPSA) is 0 Å². The van der Waals surface area contributed by atoms with E-state index in [-0.39, 0.29) is 11.3 Å². The fourth-order valence-electron chi connectivity index (χ4n) is 0.333. The summed E-state index contributed by atoms with van der Waals surface area (Å²) >= 11 is 22.2. The van der Waals surface area contributed by atoms with Crippen LogP contribution in [-0.4, -0.2) is 16.1 Å². The molecule has 0 heterocycles. The maximum absolute atomic E-state index is 5.72. The molecule has 2 atom stereocenters.